The number of nitrogens with zero attached hydrogens (tertiary/aromatic N) is 2. The van der Waals surface area contributed by atoms with Gasteiger partial charge in [0.2, 0.25) is 0 Å². The summed E-state index contributed by atoms with van der Waals surface area (Å²) in [7, 11) is 0. The van der Waals surface area contributed by atoms with Gasteiger partial charge in [-0.15, -0.1) is 11.8 Å². The van der Waals surface area contributed by atoms with Crippen molar-refractivity contribution < 1.29 is 9.59 Å². The van der Waals surface area contributed by atoms with Crippen molar-refractivity contribution >= 4 is 46.1 Å². The van der Waals surface area contributed by atoms with E-state index in [0.29, 0.717) is 10.9 Å². The number of anilines is 1. The molecule has 4 rings (SSSR count). The van der Waals surface area contributed by atoms with Gasteiger partial charge in [-0.25, -0.2) is 4.98 Å². The third-order valence-electron chi connectivity index (χ3n) is 4.45. The van der Waals surface area contributed by atoms with Crippen molar-refractivity contribution in [3.8, 4) is 0 Å². The number of carbonyl (C=O) groups excluding carboxylic acids is 2. The van der Waals surface area contributed by atoms with E-state index in [9.17, 15) is 9.59 Å². The first-order valence-corrected chi connectivity index (χ1v) is 10.0. The van der Waals surface area contributed by atoms with Gasteiger partial charge in [-0.1, -0.05) is 6.08 Å². The molecule has 1 aliphatic carbocycles. The molecule has 0 aromatic carbocycles. The summed E-state index contributed by atoms with van der Waals surface area (Å²) in [5.74, 6) is 1.26. The summed E-state index contributed by atoms with van der Waals surface area (Å²) in [6, 6.07) is 0.421. The zero-order chi connectivity index (χ0) is 17.4. The Labute approximate surface area is 154 Å². The maximum absolute atomic E-state index is 11.7. The van der Waals surface area contributed by atoms with Crippen LogP contribution in [0.2, 0.25) is 0 Å². The van der Waals surface area contributed by atoms with Gasteiger partial charge in [0.25, 0.3) is 11.1 Å². The highest BCUT2D eigenvalue weighted by molar-refractivity contribution is 8.18. The van der Waals surface area contributed by atoms with Gasteiger partial charge in [-0.05, 0) is 54.8 Å². The Kier molecular flexibility index (Phi) is 4.56. The van der Waals surface area contributed by atoms with Crippen LogP contribution in [0.3, 0.4) is 0 Å². The topological polar surface area (TPSA) is 84.0 Å². The minimum atomic E-state index is -0.304. The van der Waals surface area contributed by atoms with Crippen molar-refractivity contribution in [2.75, 3.05) is 5.32 Å². The number of carbonyl (C=O) groups is 2. The van der Waals surface area contributed by atoms with Gasteiger partial charge in [0.05, 0.1) is 23.0 Å². The van der Waals surface area contributed by atoms with Crippen molar-refractivity contribution in [2.45, 2.75) is 37.5 Å². The van der Waals surface area contributed by atoms with E-state index in [1.54, 1.807) is 24.2 Å². The first-order chi connectivity index (χ1) is 12.1. The van der Waals surface area contributed by atoms with Gasteiger partial charge in [0, 0.05) is 11.3 Å². The molecule has 1 unspecified atom stereocenters. The number of aromatic nitrogens is 2. The molecule has 2 amide bonds. The molecule has 130 valence electrons. The molecule has 3 heterocycles. The molecule has 1 aromatic heterocycles. The average molecular weight is 374 g/mol. The highest BCUT2D eigenvalue weighted by atomic mass is 32.2. The average Bonchev–Trinajstić information content (AvgIpc) is 3.26. The van der Waals surface area contributed by atoms with Crippen molar-refractivity contribution in [1.29, 1.82) is 0 Å². The van der Waals surface area contributed by atoms with Gasteiger partial charge in [0.15, 0.2) is 0 Å². The molecule has 2 N–H and O–H groups in total. The Bertz CT molecular complexity index is 789. The summed E-state index contributed by atoms with van der Waals surface area (Å²) in [5, 5.41) is 7.62. The summed E-state index contributed by atoms with van der Waals surface area (Å²) in [6.45, 7) is 2.19. The SMILES string of the molecule is C[C@H](Nc1cncc(C2=CSC(/C=C3\SC(=O)NC3=O)C2)n1)C1CC1. The Morgan fingerprint density at radius 2 is 2.20 bits per heavy atom. The molecule has 2 fully saturated rings. The van der Waals surface area contributed by atoms with Crippen molar-refractivity contribution in [2.24, 2.45) is 5.92 Å². The third kappa shape index (κ3) is 3.90. The standard InChI is InChI=1S/C17H18N4O2S2/c1-9(10-2-3-10)19-15-7-18-6-13(20-15)11-4-12(24-8-11)5-14-16(22)21-17(23)25-14/h5-10,12H,2-4H2,1H3,(H,19,20)(H,21,22,23)/b14-5-/t9-,12?/m0/s1. The van der Waals surface area contributed by atoms with Crippen LogP contribution in [-0.4, -0.2) is 32.4 Å². The van der Waals surface area contributed by atoms with Gasteiger partial charge in [0.1, 0.15) is 5.82 Å². The van der Waals surface area contributed by atoms with Gasteiger partial charge >= 0.3 is 0 Å². The van der Waals surface area contributed by atoms with Gasteiger partial charge in [-0.2, -0.15) is 0 Å². The van der Waals surface area contributed by atoms with Crippen LogP contribution in [0.25, 0.3) is 5.57 Å². The smallest absolute Gasteiger partial charge is 0.290 e. The number of nitrogens with one attached hydrogen (secondary N) is 2. The zero-order valence-corrected chi connectivity index (χ0v) is 15.3. The Balaban J connectivity index is 1.42. The lowest BCUT2D eigenvalue weighted by molar-refractivity contribution is -0.115. The number of thioether (sulfide) groups is 2. The first kappa shape index (κ1) is 16.7. The van der Waals surface area contributed by atoms with E-state index < -0.39 is 0 Å². The quantitative estimate of drug-likeness (QED) is 0.764. The van der Waals surface area contributed by atoms with Crippen LogP contribution >= 0.6 is 23.5 Å². The van der Waals surface area contributed by atoms with E-state index in [1.165, 1.54) is 12.8 Å². The zero-order valence-electron chi connectivity index (χ0n) is 13.7. The predicted octanol–water partition coefficient (Wildman–Crippen LogP) is 3.40. The third-order valence-corrected chi connectivity index (χ3v) is 6.36. The maximum atomic E-state index is 11.7. The molecule has 1 saturated heterocycles. The van der Waals surface area contributed by atoms with E-state index in [4.69, 9.17) is 0 Å². The van der Waals surface area contributed by atoms with Crippen LogP contribution in [0.15, 0.2) is 28.8 Å². The molecule has 3 aliphatic rings. The fraction of sp³-hybridized carbons (Fsp3) is 0.412. The van der Waals surface area contributed by atoms with Gasteiger partial charge < -0.3 is 5.32 Å². The minimum Gasteiger partial charge on any atom is -0.366 e. The van der Waals surface area contributed by atoms with Crippen LogP contribution in [0.4, 0.5) is 10.6 Å². The highest BCUT2D eigenvalue weighted by Gasteiger charge is 2.29. The molecule has 1 saturated carbocycles. The molecular formula is C17H18N4O2S2. The second kappa shape index (κ2) is 6.84. The fourth-order valence-electron chi connectivity index (χ4n) is 2.89. The number of rotatable bonds is 5. The summed E-state index contributed by atoms with van der Waals surface area (Å²) >= 11 is 2.60. The molecule has 2 atom stereocenters. The monoisotopic (exact) mass is 374 g/mol. The number of hydrogen-bond donors (Lipinski definition) is 2. The lowest BCUT2D eigenvalue weighted by Crippen LogP contribution is -2.18. The largest absolute Gasteiger partial charge is 0.366 e. The van der Waals surface area contributed by atoms with Crippen molar-refractivity contribution in [3.05, 3.63) is 34.5 Å². The second-order valence-corrected chi connectivity index (χ2v) is 8.58. The summed E-state index contributed by atoms with van der Waals surface area (Å²) in [4.78, 5) is 32.4. The van der Waals surface area contributed by atoms with E-state index >= 15 is 0 Å². The predicted molar refractivity (Wildman–Crippen MR) is 101 cm³/mol. The van der Waals surface area contributed by atoms with Crippen LogP contribution < -0.4 is 10.6 Å². The summed E-state index contributed by atoms with van der Waals surface area (Å²) in [5.41, 5.74) is 1.97. The molecule has 1 aromatic rings. The summed E-state index contributed by atoms with van der Waals surface area (Å²) < 4.78 is 0. The normalized spacial score (nSPS) is 25.9. The van der Waals surface area contributed by atoms with E-state index in [0.717, 1.165) is 41.2 Å². The van der Waals surface area contributed by atoms with Crippen molar-refractivity contribution in [3.63, 3.8) is 0 Å². The Morgan fingerprint density at radius 1 is 1.36 bits per heavy atom. The lowest BCUT2D eigenvalue weighted by Gasteiger charge is -2.14. The van der Waals surface area contributed by atoms with Crippen LogP contribution in [-0.2, 0) is 4.79 Å². The van der Waals surface area contributed by atoms with Gasteiger partial charge in [-0.3, -0.25) is 19.9 Å². The molecule has 0 bridgehead atoms. The molecular weight excluding hydrogens is 356 g/mol. The van der Waals surface area contributed by atoms with Crippen LogP contribution in [0.1, 0.15) is 31.9 Å². The van der Waals surface area contributed by atoms with Crippen LogP contribution in [0.5, 0.6) is 0 Å². The lowest BCUT2D eigenvalue weighted by atomic mass is 10.1. The minimum absolute atomic E-state index is 0.137. The van der Waals surface area contributed by atoms with Crippen molar-refractivity contribution in [1.82, 2.24) is 15.3 Å². The molecule has 0 radical (unpaired) electrons. The number of imide groups is 1. The number of hydrogen-bond acceptors (Lipinski definition) is 7. The first-order valence-electron chi connectivity index (χ1n) is 8.27. The molecule has 2 aliphatic heterocycles. The van der Waals surface area contributed by atoms with Crippen LogP contribution in [0, 0.1) is 5.92 Å². The highest BCUT2D eigenvalue weighted by Crippen LogP contribution is 2.38. The Hall–Kier alpha value is -1.80. The van der Waals surface area contributed by atoms with E-state index in [-0.39, 0.29) is 16.4 Å². The van der Waals surface area contributed by atoms with E-state index in [2.05, 4.69) is 32.9 Å². The molecule has 8 heteroatoms. The number of amides is 2. The molecule has 6 nitrogen and oxygen atoms in total. The fourth-order valence-corrected chi connectivity index (χ4v) is 4.74. The molecule has 0 spiro atoms. The number of allylic oxidation sites excluding steroid dienone is 1. The molecule has 25 heavy (non-hydrogen) atoms. The maximum Gasteiger partial charge on any atom is 0.290 e. The Morgan fingerprint density at radius 3 is 2.92 bits per heavy atom. The van der Waals surface area contributed by atoms with E-state index in [1.807, 2.05) is 6.08 Å². The summed E-state index contributed by atoms with van der Waals surface area (Å²) in [6.07, 6.45) is 8.74. The second-order valence-electron chi connectivity index (χ2n) is 6.46.